The molecule has 7 heteroatoms. The van der Waals surface area contributed by atoms with Gasteiger partial charge in [0.25, 0.3) is 0 Å². The van der Waals surface area contributed by atoms with Crippen molar-refractivity contribution in [3.05, 3.63) is 65.7 Å². The summed E-state index contributed by atoms with van der Waals surface area (Å²) in [5.74, 6) is -0.211. The highest BCUT2D eigenvalue weighted by Gasteiger charge is 2.17. The Morgan fingerprint density at radius 3 is 3.00 bits per heavy atom. The topological polar surface area (TPSA) is 101 Å². The minimum atomic E-state index is -0.655. The highest BCUT2D eigenvalue weighted by atomic mass is 16.2. The molecule has 0 spiro atoms. The second-order valence-electron chi connectivity index (χ2n) is 6.45. The first kappa shape index (κ1) is 16.3. The largest absolute Gasteiger partial charge is 0.349 e. The summed E-state index contributed by atoms with van der Waals surface area (Å²) >= 11 is 0. The van der Waals surface area contributed by atoms with Crippen LogP contribution in [0.4, 0.5) is 0 Å². The van der Waals surface area contributed by atoms with Crippen LogP contribution in [0, 0.1) is 6.92 Å². The summed E-state index contributed by atoms with van der Waals surface area (Å²) in [7, 11) is 0. The summed E-state index contributed by atoms with van der Waals surface area (Å²) < 4.78 is 1.95. The van der Waals surface area contributed by atoms with Crippen molar-refractivity contribution < 1.29 is 4.79 Å². The molecule has 1 atom stereocenters. The fraction of sp³-hybridized carbons (Fsp3) is 0.211. The number of nitrogens with zero attached hydrogens (tertiary/aromatic N) is 3. The number of nitrogens with two attached hydrogens (primary N) is 1. The van der Waals surface area contributed by atoms with Gasteiger partial charge in [-0.2, -0.15) is 5.10 Å². The van der Waals surface area contributed by atoms with E-state index >= 15 is 0 Å². The summed E-state index contributed by atoms with van der Waals surface area (Å²) in [5.41, 5.74) is 10.6. The van der Waals surface area contributed by atoms with Gasteiger partial charge in [-0.3, -0.25) is 9.89 Å². The fourth-order valence-electron chi connectivity index (χ4n) is 3.03. The standard InChI is InChI=1S/C19H20N6O/c1-12-6-7-18-22-13(11-25(18)10-12)9-21-19(26)15(20)8-17-14-4-2-3-5-16(14)23-24-17/h2-7,10-11,15H,8-9,20H2,1H3,(H,21,26)(H,23,24). The first-order chi connectivity index (χ1) is 12.6. The molecule has 26 heavy (non-hydrogen) atoms. The lowest BCUT2D eigenvalue weighted by molar-refractivity contribution is -0.122. The number of rotatable bonds is 5. The minimum absolute atomic E-state index is 0.211. The number of pyridine rings is 1. The van der Waals surface area contributed by atoms with Crippen LogP contribution in [0.15, 0.2) is 48.8 Å². The van der Waals surface area contributed by atoms with Crippen molar-refractivity contribution in [3.63, 3.8) is 0 Å². The molecule has 1 aromatic carbocycles. The summed E-state index contributed by atoms with van der Waals surface area (Å²) in [4.78, 5) is 16.8. The van der Waals surface area contributed by atoms with Crippen LogP contribution < -0.4 is 11.1 Å². The van der Waals surface area contributed by atoms with E-state index in [1.807, 2.05) is 60.1 Å². The smallest absolute Gasteiger partial charge is 0.237 e. The van der Waals surface area contributed by atoms with E-state index in [0.29, 0.717) is 13.0 Å². The van der Waals surface area contributed by atoms with Crippen molar-refractivity contribution in [2.24, 2.45) is 5.73 Å². The van der Waals surface area contributed by atoms with Gasteiger partial charge in [-0.05, 0) is 24.6 Å². The maximum absolute atomic E-state index is 12.3. The third-order valence-corrected chi connectivity index (χ3v) is 4.39. The molecular formula is C19H20N6O. The van der Waals surface area contributed by atoms with Gasteiger partial charge >= 0.3 is 0 Å². The Kier molecular flexibility index (Phi) is 4.14. The summed E-state index contributed by atoms with van der Waals surface area (Å²) in [6.45, 7) is 2.37. The third-order valence-electron chi connectivity index (χ3n) is 4.39. The summed E-state index contributed by atoms with van der Waals surface area (Å²) in [5, 5.41) is 11.1. The van der Waals surface area contributed by atoms with Crippen molar-refractivity contribution >= 4 is 22.5 Å². The van der Waals surface area contributed by atoms with E-state index in [4.69, 9.17) is 5.73 Å². The molecule has 7 nitrogen and oxygen atoms in total. The lowest BCUT2D eigenvalue weighted by Gasteiger charge is -2.10. The minimum Gasteiger partial charge on any atom is -0.349 e. The number of nitrogens with one attached hydrogen (secondary N) is 2. The van der Waals surface area contributed by atoms with E-state index < -0.39 is 6.04 Å². The molecule has 3 aromatic heterocycles. The van der Waals surface area contributed by atoms with Crippen molar-refractivity contribution in [2.75, 3.05) is 0 Å². The molecule has 0 aliphatic heterocycles. The maximum atomic E-state index is 12.3. The number of hydrogen-bond donors (Lipinski definition) is 3. The van der Waals surface area contributed by atoms with Gasteiger partial charge in [-0.1, -0.05) is 24.3 Å². The summed E-state index contributed by atoms with van der Waals surface area (Å²) in [6.07, 6.45) is 4.32. The van der Waals surface area contributed by atoms with Crippen LogP contribution in [0.25, 0.3) is 16.6 Å². The first-order valence-corrected chi connectivity index (χ1v) is 8.49. The lowest BCUT2D eigenvalue weighted by atomic mass is 10.1. The number of hydrogen-bond acceptors (Lipinski definition) is 4. The molecule has 0 saturated carbocycles. The number of fused-ring (bicyclic) bond motifs is 2. The SMILES string of the molecule is Cc1ccc2nc(CNC(=O)C(N)Cc3[nH]nc4ccccc34)cn2c1. The van der Waals surface area contributed by atoms with E-state index in [2.05, 4.69) is 20.5 Å². The number of aromatic amines is 1. The van der Waals surface area contributed by atoms with Gasteiger partial charge < -0.3 is 15.5 Å². The molecule has 0 aliphatic carbocycles. The second kappa shape index (κ2) is 6.61. The van der Waals surface area contributed by atoms with Crippen LogP contribution >= 0.6 is 0 Å². The number of para-hydroxylation sites is 1. The van der Waals surface area contributed by atoms with E-state index in [9.17, 15) is 4.79 Å². The zero-order valence-corrected chi connectivity index (χ0v) is 14.4. The van der Waals surface area contributed by atoms with Crippen LogP contribution in [0.2, 0.25) is 0 Å². The third kappa shape index (κ3) is 3.16. The number of amides is 1. The molecule has 4 rings (SSSR count). The lowest BCUT2D eigenvalue weighted by Crippen LogP contribution is -2.41. The predicted molar refractivity (Wildman–Crippen MR) is 99.5 cm³/mol. The Hall–Kier alpha value is -3.19. The van der Waals surface area contributed by atoms with Gasteiger partial charge in [0, 0.05) is 29.9 Å². The molecule has 4 N–H and O–H groups in total. The maximum Gasteiger partial charge on any atom is 0.237 e. The van der Waals surface area contributed by atoms with E-state index in [0.717, 1.165) is 33.5 Å². The van der Waals surface area contributed by atoms with Crippen LogP contribution in [-0.2, 0) is 17.8 Å². The Morgan fingerprint density at radius 2 is 2.12 bits per heavy atom. The van der Waals surface area contributed by atoms with Gasteiger partial charge in [0.15, 0.2) is 0 Å². The zero-order valence-electron chi connectivity index (χ0n) is 14.4. The molecule has 1 amide bonds. The highest BCUT2D eigenvalue weighted by molar-refractivity contribution is 5.84. The Labute approximate surface area is 150 Å². The monoisotopic (exact) mass is 348 g/mol. The van der Waals surface area contributed by atoms with Gasteiger partial charge in [0.1, 0.15) is 5.65 Å². The number of benzene rings is 1. The van der Waals surface area contributed by atoms with Gasteiger partial charge in [-0.25, -0.2) is 4.98 Å². The Balaban J connectivity index is 1.40. The fourth-order valence-corrected chi connectivity index (χ4v) is 3.03. The van der Waals surface area contributed by atoms with E-state index in [1.54, 1.807) is 0 Å². The van der Waals surface area contributed by atoms with Crippen molar-refractivity contribution in [3.8, 4) is 0 Å². The van der Waals surface area contributed by atoms with Gasteiger partial charge in [0.2, 0.25) is 5.91 Å². The van der Waals surface area contributed by atoms with Gasteiger partial charge in [-0.15, -0.1) is 0 Å². The molecule has 0 saturated heterocycles. The van der Waals surface area contributed by atoms with Crippen molar-refractivity contribution in [2.45, 2.75) is 25.9 Å². The second-order valence-corrected chi connectivity index (χ2v) is 6.45. The van der Waals surface area contributed by atoms with Crippen LogP contribution in [0.3, 0.4) is 0 Å². The molecule has 0 fully saturated rings. The van der Waals surface area contributed by atoms with Gasteiger partial charge in [0.05, 0.1) is 23.8 Å². The highest BCUT2D eigenvalue weighted by Crippen LogP contribution is 2.16. The molecule has 0 aliphatic rings. The number of carbonyl (C=O) groups is 1. The molecule has 0 bridgehead atoms. The predicted octanol–water partition coefficient (Wildman–Crippen LogP) is 1.71. The number of H-pyrrole nitrogens is 1. The van der Waals surface area contributed by atoms with E-state index in [-0.39, 0.29) is 5.91 Å². The molecule has 0 radical (unpaired) electrons. The zero-order chi connectivity index (χ0) is 18.1. The molecule has 4 aromatic rings. The molecule has 1 unspecified atom stereocenters. The number of imidazole rings is 1. The Morgan fingerprint density at radius 1 is 1.27 bits per heavy atom. The van der Waals surface area contributed by atoms with Crippen LogP contribution in [0.1, 0.15) is 17.0 Å². The van der Waals surface area contributed by atoms with E-state index in [1.165, 1.54) is 0 Å². The summed E-state index contributed by atoms with van der Waals surface area (Å²) in [6, 6.07) is 11.1. The average Bonchev–Trinajstić information content (AvgIpc) is 3.23. The van der Waals surface area contributed by atoms with Crippen molar-refractivity contribution in [1.82, 2.24) is 24.9 Å². The molecular weight excluding hydrogens is 328 g/mol. The Bertz CT molecular complexity index is 1080. The number of aryl methyl sites for hydroxylation is 1. The molecule has 132 valence electrons. The normalized spacial score (nSPS) is 12.5. The number of carbonyl (C=O) groups excluding carboxylic acids is 1. The van der Waals surface area contributed by atoms with Crippen LogP contribution in [-0.4, -0.2) is 31.5 Å². The average molecular weight is 348 g/mol. The molecule has 3 heterocycles. The number of aromatic nitrogens is 4. The van der Waals surface area contributed by atoms with Crippen molar-refractivity contribution in [1.29, 1.82) is 0 Å². The van der Waals surface area contributed by atoms with Crippen LogP contribution in [0.5, 0.6) is 0 Å². The quantitative estimate of drug-likeness (QED) is 0.511. The first-order valence-electron chi connectivity index (χ1n) is 8.49.